The predicted molar refractivity (Wildman–Crippen MR) is 93.0 cm³/mol. The lowest BCUT2D eigenvalue weighted by atomic mass is 10.0. The van der Waals surface area contributed by atoms with Gasteiger partial charge in [-0.15, -0.1) is 0 Å². The summed E-state index contributed by atoms with van der Waals surface area (Å²) in [4.78, 5) is 12.3. The molecule has 4 heteroatoms. The number of carbonyl (C=O) groups is 1. The van der Waals surface area contributed by atoms with Crippen LogP contribution in [0.4, 0.5) is 0 Å². The standard InChI is InChI=1S/C20H23NO3/c1-13-7-3-4-8-14(13)18(22)12-21-20(23)17-11-16(17)15-9-5-6-10-19(15)24-2/h3-10,16-18,22H,11-12H2,1-2H3,(H,21,23). The number of nitrogens with one attached hydrogen (secondary N) is 1. The average Bonchev–Trinajstić information content (AvgIpc) is 3.40. The maximum Gasteiger partial charge on any atom is 0.223 e. The minimum atomic E-state index is -0.682. The van der Waals surface area contributed by atoms with Crippen molar-refractivity contribution in [1.29, 1.82) is 0 Å². The number of carbonyl (C=O) groups excluding carboxylic acids is 1. The van der Waals surface area contributed by atoms with E-state index < -0.39 is 6.10 Å². The van der Waals surface area contributed by atoms with Crippen molar-refractivity contribution in [2.45, 2.75) is 25.4 Å². The number of ether oxygens (including phenoxy) is 1. The molecule has 0 aromatic heterocycles. The van der Waals surface area contributed by atoms with Crippen LogP contribution in [0.1, 0.15) is 35.1 Å². The first kappa shape index (κ1) is 16.5. The normalized spacial score (nSPS) is 20.3. The van der Waals surface area contributed by atoms with Crippen molar-refractivity contribution >= 4 is 5.91 Å². The summed E-state index contributed by atoms with van der Waals surface area (Å²) in [5.74, 6) is 0.999. The van der Waals surface area contributed by atoms with Gasteiger partial charge < -0.3 is 15.2 Å². The highest BCUT2D eigenvalue weighted by Crippen LogP contribution is 2.50. The van der Waals surface area contributed by atoms with Crippen LogP contribution in [0.25, 0.3) is 0 Å². The van der Waals surface area contributed by atoms with Gasteiger partial charge in [0.25, 0.3) is 0 Å². The molecule has 2 N–H and O–H groups in total. The average molecular weight is 325 g/mol. The van der Waals surface area contributed by atoms with E-state index in [4.69, 9.17) is 4.74 Å². The van der Waals surface area contributed by atoms with Crippen LogP contribution >= 0.6 is 0 Å². The van der Waals surface area contributed by atoms with Crippen LogP contribution in [0.15, 0.2) is 48.5 Å². The highest BCUT2D eigenvalue weighted by atomic mass is 16.5. The van der Waals surface area contributed by atoms with Gasteiger partial charge in [0.2, 0.25) is 5.91 Å². The monoisotopic (exact) mass is 325 g/mol. The number of methoxy groups -OCH3 is 1. The maximum atomic E-state index is 12.3. The quantitative estimate of drug-likeness (QED) is 0.858. The Bertz CT molecular complexity index is 728. The molecule has 126 valence electrons. The van der Waals surface area contributed by atoms with Crippen molar-refractivity contribution in [2.24, 2.45) is 5.92 Å². The van der Waals surface area contributed by atoms with E-state index in [0.29, 0.717) is 0 Å². The van der Waals surface area contributed by atoms with Crippen molar-refractivity contribution in [3.63, 3.8) is 0 Å². The number of aliphatic hydroxyl groups excluding tert-OH is 1. The Morgan fingerprint density at radius 3 is 2.71 bits per heavy atom. The van der Waals surface area contributed by atoms with Gasteiger partial charge in [0, 0.05) is 12.5 Å². The second kappa shape index (κ2) is 7.05. The predicted octanol–water partition coefficient (Wildman–Crippen LogP) is 2.96. The summed E-state index contributed by atoms with van der Waals surface area (Å²) < 4.78 is 5.37. The van der Waals surface area contributed by atoms with E-state index in [1.54, 1.807) is 7.11 Å². The summed E-state index contributed by atoms with van der Waals surface area (Å²) in [6.07, 6.45) is 0.144. The topological polar surface area (TPSA) is 58.6 Å². The van der Waals surface area contributed by atoms with Gasteiger partial charge >= 0.3 is 0 Å². The Morgan fingerprint density at radius 1 is 1.25 bits per heavy atom. The zero-order valence-electron chi connectivity index (χ0n) is 14.0. The first-order valence-corrected chi connectivity index (χ1v) is 8.26. The molecule has 24 heavy (non-hydrogen) atoms. The highest BCUT2D eigenvalue weighted by molar-refractivity contribution is 5.83. The van der Waals surface area contributed by atoms with E-state index in [1.165, 1.54) is 0 Å². The van der Waals surface area contributed by atoms with E-state index in [-0.39, 0.29) is 24.3 Å². The van der Waals surface area contributed by atoms with Crippen molar-refractivity contribution in [3.8, 4) is 5.75 Å². The Kier molecular flexibility index (Phi) is 4.86. The van der Waals surface area contributed by atoms with Gasteiger partial charge in [0.15, 0.2) is 0 Å². The van der Waals surface area contributed by atoms with E-state index in [9.17, 15) is 9.90 Å². The Labute approximate surface area is 142 Å². The van der Waals surface area contributed by atoms with Gasteiger partial charge in [-0.1, -0.05) is 42.5 Å². The fraction of sp³-hybridized carbons (Fsp3) is 0.350. The number of rotatable bonds is 6. The lowest BCUT2D eigenvalue weighted by Crippen LogP contribution is -2.30. The summed E-state index contributed by atoms with van der Waals surface area (Å²) in [6, 6.07) is 15.5. The van der Waals surface area contributed by atoms with Gasteiger partial charge in [-0.05, 0) is 42.0 Å². The molecular weight excluding hydrogens is 302 g/mol. The molecule has 1 aliphatic carbocycles. The van der Waals surface area contributed by atoms with Gasteiger partial charge in [0.05, 0.1) is 13.2 Å². The fourth-order valence-corrected chi connectivity index (χ4v) is 3.20. The summed E-state index contributed by atoms with van der Waals surface area (Å²) >= 11 is 0. The molecular formula is C20H23NO3. The van der Waals surface area contributed by atoms with Gasteiger partial charge in [-0.3, -0.25) is 4.79 Å². The number of para-hydroxylation sites is 1. The lowest BCUT2D eigenvalue weighted by molar-refractivity contribution is -0.122. The molecule has 0 saturated heterocycles. The van der Waals surface area contributed by atoms with Gasteiger partial charge in [-0.25, -0.2) is 0 Å². The van der Waals surface area contributed by atoms with Crippen LogP contribution in [0.5, 0.6) is 5.75 Å². The molecule has 2 aromatic rings. The molecule has 1 saturated carbocycles. The minimum Gasteiger partial charge on any atom is -0.496 e. The number of hydrogen-bond acceptors (Lipinski definition) is 3. The van der Waals surface area contributed by atoms with E-state index in [0.717, 1.165) is 28.9 Å². The van der Waals surface area contributed by atoms with E-state index in [1.807, 2.05) is 55.5 Å². The first-order chi connectivity index (χ1) is 11.6. The largest absolute Gasteiger partial charge is 0.496 e. The number of aryl methyl sites for hydroxylation is 1. The van der Waals surface area contributed by atoms with Crippen LogP contribution in [0.2, 0.25) is 0 Å². The Morgan fingerprint density at radius 2 is 1.96 bits per heavy atom. The SMILES string of the molecule is COc1ccccc1C1CC1C(=O)NCC(O)c1ccccc1C. The van der Waals surface area contributed by atoms with Crippen LogP contribution in [-0.2, 0) is 4.79 Å². The Balaban J connectivity index is 1.56. The third-order valence-corrected chi connectivity index (χ3v) is 4.68. The second-order valence-electron chi connectivity index (χ2n) is 6.31. The van der Waals surface area contributed by atoms with Crippen LogP contribution in [0, 0.1) is 12.8 Å². The molecule has 0 heterocycles. The van der Waals surface area contributed by atoms with Gasteiger partial charge in [0.1, 0.15) is 5.75 Å². The minimum absolute atomic E-state index is 0.00135. The molecule has 2 aromatic carbocycles. The molecule has 3 atom stereocenters. The number of aliphatic hydroxyl groups is 1. The number of hydrogen-bond donors (Lipinski definition) is 2. The Hall–Kier alpha value is -2.33. The molecule has 0 aliphatic heterocycles. The van der Waals surface area contributed by atoms with Crippen LogP contribution in [-0.4, -0.2) is 24.7 Å². The third-order valence-electron chi connectivity index (χ3n) is 4.68. The van der Waals surface area contributed by atoms with Crippen LogP contribution < -0.4 is 10.1 Å². The fourth-order valence-electron chi connectivity index (χ4n) is 3.20. The molecule has 4 nitrogen and oxygen atoms in total. The zero-order chi connectivity index (χ0) is 17.1. The van der Waals surface area contributed by atoms with E-state index in [2.05, 4.69) is 5.32 Å². The van der Waals surface area contributed by atoms with Gasteiger partial charge in [-0.2, -0.15) is 0 Å². The van der Waals surface area contributed by atoms with Crippen LogP contribution in [0.3, 0.4) is 0 Å². The molecule has 1 amide bonds. The van der Waals surface area contributed by atoms with Crippen molar-refractivity contribution < 1.29 is 14.6 Å². The summed E-state index contributed by atoms with van der Waals surface area (Å²) in [5, 5.41) is 13.2. The molecule has 3 rings (SSSR count). The molecule has 3 unspecified atom stereocenters. The summed E-state index contributed by atoms with van der Waals surface area (Å²) in [6.45, 7) is 2.19. The molecule has 0 bridgehead atoms. The number of amides is 1. The number of benzene rings is 2. The molecule has 0 radical (unpaired) electrons. The van der Waals surface area contributed by atoms with Crippen molar-refractivity contribution in [1.82, 2.24) is 5.32 Å². The lowest BCUT2D eigenvalue weighted by Gasteiger charge is -2.14. The second-order valence-corrected chi connectivity index (χ2v) is 6.31. The molecule has 1 fully saturated rings. The third kappa shape index (κ3) is 3.44. The highest BCUT2D eigenvalue weighted by Gasteiger charge is 2.45. The van der Waals surface area contributed by atoms with Crippen molar-refractivity contribution in [2.75, 3.05) is 13.7 Å². The maximum absolute atomic E-state index is 12.3. The molecule has 0 spiro atoms. The molecule has 1 aliphatic rings. The summed E-state index contributed by atoms with van der Waals surface area (Å²) in [5.41, 5.74) is 2.96. The first-order valence-electron chi connectivity index (χ1n) is 8.26. The van der Waals surface area contributed by atoms with Crippen molar-refractivity contribution in [3.05, 3.63) is 65.2 Å². The van der Waals surface area contributed by atoms with E-state index >= 15 is 0 Å². The smallest absolute Gasteiger partial charge is 0.223 e. The zero-order valence-corrected chi connectivity index (χ0v) is 14.0. The summed E-state index contributed by atoms with van der Waals surface area (Å²) in [7, 11) is 1.65.